The Hall–Kier alpha value is -3.35. The monoisotopic (exact) mass is 384 g/mol. The van der Waals surface area contributed by atoms with Gasteiger partial charge in [0.25, 0.3) is 5.91 Å². The molecule has 0 saturated carbocycles. The summed E-state index contributed by atoms with van der Waals surface area (Å²) in [5.74, 6) is 0.146. The van der Waals surface area contributed by atoms with Crippen LogP contribution in [0.2, 0.25) is 0 Å². The molecule has 148 valence electrons. The van der Waals surface area contributed by atoms with Gasteiger partial charge in [0, 0.05) is 23.4 Å². The third-order valence-electron chi connectivity index (χ3n) is 3.58. The van der Waals surface area contributed by atoms with E-state index in [0.29, 0.717) is 23.4 Å². The molecule has 0 unspecified atom stereocenters. The predicted molar refractivity (Wildman–Crippen MR) is 107 cm³/mol. The predicted octanol–water partition coefficient (Wildman–Crippen LogP) is 4.46. The van der Waals surface area contributed by atoms with Crippen molar-refractivity contribution < 1.29 is 23.9 Å². The number of hydrogen-bond donors (Lipinski definition) is 2. The van der Waals surface area contributed by atoms with Gasteiger partial charge in [-0.15, -0.1) is 0 Å². The molecule has 7 nitrogen and oxygen atoms in total. The van der Waals surface area contributed by atoms with E-state index in [1.54, 1.807) is 31.2 Å². The molecule has 0 radical (unpaired) electrons. The van der Waals surface area contributed by atoms with E-state index in [1.807, 2.05) is 13.8 Å². The van der Waals surface area contributed by atoms with Gasteiger partial charge in [0.15, 0.2) is 0 Å². The fourth-order valence-corrected chi connectivity index (χ4v) is 2.38. The number of carbonyl (C=O) groups excluding carboxylic acids is 3. The zero-order valence-electron chi connectivity index (χ0n) is 16.2. The van der Waals surface area contributed by atoms with Crippen LogP contribution in [0.1, 0.15) is 37.6 Å². The zero-order chi connectivity index (χ0) is 20.5. The Balaban J connectivity index is 1.98. The van der Waals surface area contributed by atoms with Gasteiger partial charge in [-0.2, -0.15) is 0 Å². The van der Waals surface area contributed by atoms with Crippen molar-refractivity contribution in [1.29, 1.82) is 0 Å². The molecule has 0 heterocycles. The summed E-state index contributed by atoms with van der Waals surface area (Å²) in [6, 6.07) is 13.0. The van der Waals surface area contributed by atoms with Gasteiger partial charge in [-0.3, -0.25) is 9.59 Å². The molecule has 0 atom stereocenters. The Morgan fingerprint density at radius 1 is 0.964 bits per heavy atom. The van der Waals surface area contributed by atoms with Crippen LogP contribution in [0.5, 0.6) is 5.75 Å². The highest BCUT2D eigenvalue weighted by Crippen LogP contribution is 2.18. The average molecular weight is 384 g/mol. The molecule has 0 aromatic heterocycles. The van der Waals surface area contributed by atoms with E-state index in [4.69, 9.17) is 9.47 Å². The van der Waals surface area contributed by atoms with Gasteiger partial charge in [-0.25, -0.2) is 4.79 Å². The molecule has 2 amide bonds. The minimum atomic E-state index is -0.795. The van der Waals surface area contributed by atoms with Crippen LogP contribution in [-0.4, -0.2) is 24.6 Å². The van der Waals surface area contributed by atoms with E-state index in [0.717, 1.165) is 0 Å². The first kappa shape index (κ1) is 21.0. The van der Waals surface area contributed by atoms with Crippen LogP contribution in [0.15, 0.2) is 48.5 Å². The fraction of sp³-hybridized carbons (Fsp3) is 0.286. The number of benzene rings is 2. The summed E-state index contributed by atoms with van der Waals surface area (Å²) in [5.41, 5.74) is 1.56. The highest BCUT2D eigenvalue weighted by molar-refractivity contribution is 6.04. The Kier molecular flexibility index (Phi) is 7.56. The van der Waals surface area contributed by atoms with Crippen LogP contribution in [0.4, 0.5) is 16.2 Å². The Morgan fingerprint density at radius 3 is 2.21 bits per heavy atom. The minimum absolute atomic E-state index is 0.0735. The largest absolute Gasteiger partial charge is 0.513 e. The highest BCUT2D eigenvalue weighted by atomic mass is 16.7. The van der Waals surface area contributed by atoms with Crippen molar-refractivity contribution in [1.82, 2.24) is 0 Å². The molecule has 2 rings (SSSR count). The van der Waals surface area contributed by atoms with Gasteiger partial charge in [0.2, 0.25) is 5.91 Å². The molecular weight excluding hydrogens is 360 g/mol. The maximum atomic E-state index is 12.4. The van der Waals surface area contributed by atoms with Crippen molar-refractivity contribution in [3.63, 3.8) is 0 Å². The van der Waals surface area contributed by atoms with Crippen LogP contribution in [0.25, 0.3) is 0 Å². The van der Waals surface area contributed by atoms with Gasteiger partial charge in [-0.1, -0.05) is 19.9 Å². The first-order valence-corrected chi connectivity index (χ1v) is 9.03. The lowest BCUT2D eigenvalue weighted by Crippen LogP contribution is -2.15. The van der Waals surface area contributed by atoms with E-state index < -0.39 is 6.16 Å². The SMILES string of the molecule is CCOC(=O)Oc1ccc(C(=O)Nc2cccc(NC(=O)CC(C)C)c2)cc1. The Morgan fingerprint density at radius 2 is 1.61 bits per heavy atom. The van der Waals surface area contributed by atoms with Crippen molar-refractivity contribution in [3.8, 4) is 5.75 Å². The maximum Gasteiger partial charge on any atom is 0.513 e. The van der Waals surface area contributed by atoms with Crippen LogP contribution in [-0.2, 0) is 9.53 Å². The smallest absolute Gasteiger partial charge is 0.434 e. The summed E-state index contributed by atoms with van der Waals surface area (Å²) in [6.45, 7) is 5.84. The summed E-state index contributed by atoms with van der Waals surface area (Å²) in [6.07, 6.45) is -0.368. The summed E-state index contributed by atoms with van der Waals surface area (Å²) in [4.78, 5) is 35.6. The lowest BCUT2D eigenvalue weighted by atomic mass is 10.1. The molecular formula is C21H24N2O5. The van der Waals surface area contributed by atoms with Crippen molar-refractivity contribution in [2.45, 2.75) is 27.2 Å². The lowest BCUT2D eigenvalue weighted by molar-refractivity contribution is -0.116. The average Bonchev–Trinajstić information content (AvgIpc) is 2.62. The molecule has 0 aliphatic heterocycles. The summed E-state index contributed by atoms with van der Waals surface area (Å²) >= 11 is 0. The normalized spacial score (nSPS) is 10.3. The fourth-order valence-electron chi connectivity index (χ4n) is 2.38. The second-order valence-electron chi connectivity index (χ2n) is 6.49. The van der Waals surface area contributed by atoms with Crippen molar-refractivity contribution in [3.05, 3.63) is 54.1 Å². The van der Waals surface area contributed by atoms with E-state index in [2.05, 4.69) is 10.6 Å². The molecule has 0 spiro atoms. The molecule has 0 aliphatic rings. The molecule has 0 bridgehead atoms. The summed E-state index contributed by atoms with van der Waals surface area (Å²) in [5, 5.41) is 5.58. The number of hydrogen-bond acceptors (Lipinski definition) is 5. The lowest BCUT2D eigenvalue weighted by Gasteiger charge is -2.10. The summed E-state index contributed by atoms with van der Waals surface area (Å²) in [7, 11) is 0. The second-order valence-corrected chi connectivity index (χ2v) is 6.49. The molecule has 7 heteroatoms. The van der Waals surface area contributed by atoms with Crippen LogP contribution in [0, 0.1) is 5.92 Å². The first-order chi connectivity index (χ1) is 13.4. The number of ether oxygens (including phenoxy) is 2. The van der Waals surface area contributed by atoms with Crippen LogP contribution in [0.3, 0.4) is 0 Å². The van der Waals surface area contributed by atoms with Gasteiger partial charge < -0.3 is 20.1 Å². The van der Waals surface area contributed by atoms with E-state index in [9.17, 15) is 14.4 Å². The third kappa shape index (κ3) is 6.75. The van der Waals surface area contributed by atoms with Crippen LogP contribution < -0.4 is 15.4 Å². The van der Waals surface area contributed by atoms with Crippen molar-refractivity contribution in [2.75, 3.05) is 17.2 Å². The molecule has 0 fully saturated rings. The van der Waals surface area contributed by atoms with E-state index in [1.165, 1.54) is 24.3 Å². The quantitative estimate of drug-likeness (QED) is 0.543. The number of rotatable bonds is 7. The molecule has 0 aliphatic carbocycles. The van der Waals surface area contributed by atoms with Gasteiger partial charge in [0.1, 0.15) is 5.75 Å². The molecule has 2 N–H and O–H groups in total. The summed E-state index contributed by atoms with van der Waals surface area (Å²) < 4.78 is 9.65. The number of carbonyl (C=O) groups is 3. The van der Waals surface area contributed by atoms with E-state index >= 15 is 0 Å². The first-order valence-electron chi connectivity index (χ1n) is 9.03. The minimum Gasteiger partial charge on any atom is -0.434 e. The standard InChI is InChI=1S/C21H24N2O5/c1-4-27-21(26)28-18-10-8-15(9-11-18)20(25)23-17-7-5-6-16(13-17)22-19(24)12-14(2)3/h5-11,13-14H,4,12H2,1-3H3,(H,22,24)(H,23,25). The number of anilines is 2. The zero-order valence-corrected chi connectivity index (χ0v) is 16.2. The Bertz CT molecular complexity index is 831. The highest BCUT2D eigenvalue weighted by Gasteiger charge is 2.10. The topological polar surface area (TPSA) is 93.7 Å². The molecule has 2 aromatic rings. The molecule has 2 aromatic carbocycles. The number of nitrogens with one attached hydrogen (secondary N) is 2. The third-order valence-corrected chi connectivity index (χ3v) is 3.58. The second kappa shape index (κ2) is 10.1. The van der Waals surface area contributed by atoms with Gasteiger partial charge in [-0.05, 0) is 55.3 Å². The molecule has 0 saturated heterocycles. The Labute approximate surface area is 164 Å². The number of amides is 2. The van der Waals surface area contributed by atoms with Crippen molar-refractivity contribution >= 4 is 29.3 Å². The van der Waals surface area contributed by atoms with Gasteiger partial charge >= 0.3 is 6.16 Å². The van der Waals surface area contributed by atoms with Crippen LogP contribution >= 0.6 is 0 Å². The maximum absolute atomic E-state index is 12.4. The molecule has 28 heavy (non-hydrogen) atoms. The van der Waals surface area contributed by atoms with E-state index in [-0.39, 0.29) is 30.1 Å². The van der Waals surface area contributed by atoms with Gasteiger partial charge in [0.05, 0.1) is 6.61 Å². The van der Waals surface area contributed by atoms with Crippen molar-refractivity contribution in [2.24, 2.45) is 5.92 Å².